The van der Waals surface area contributed by atoms with E-state index in [-0.39, 0.29) is 17.7 Å². The number of benzene rings is 1. The molecule has 7 heteroatoms. The van der Waals surface area contributed by atoms with Crippen molar-refractivity contribution in [3.05, 3.63) is 47.8 Å². The van der Waals surface area contributed by atoms with Crippen molar-refractivity contribution in [2.45, 2.75) is 32.9 Å². The first kappa shape index (κ1) is 19.9. The first-order valence-corrected chi connectivity index (χ1v) is 9.67. The van der Waals surface area contributed by atoms with E-state index in [9.17, 15) is 9.59 Å². The summed E-state index contributed by atoms with van der Waals surface area (Å²) >= 11 is 0. The first-order valence-electron chi connectivity index (χ1n) is 9.67. The average molecular weight is 384 g/mol. The van der Waals surface area contributed by atoms with Crippen LogP contribution in [0.2, 0.25) is 0 Å². The normalized spacial score (nSPS) is 16.9. The molecule has 0 bridgehead atoms. The molecule has 0 spiro atoms. The predicted octanol–water partition coefficient (Wildman–Crippen LogP) is 2.22. The van der Waals surface area contributed by atoms with Gasteiger partial charge in [-0.1, -0.05) is 18.2 Å². The van der Waals surface area contributed by atoms with Crippen molar-refractivity contribution in [3.63, 3.8) is 0 Å². The minimum Gasteiger partial charge on any atom is -0.496 e. The van der Waals surface area contributed by atoms with E-state index in [1.807, 2.05) is 49.3 Å². The average Bonchev–Trinajstić information content (AvgIpc) is 3.12. The van der Waals surface area contributed by atoms with Crippen LogP contribution in [0.25, 0.3) is 0 Å². The van der Waals surface area contributed by atoms with Gasteiger partial charge in [0.05, 0.1) is 19.2 Å². The Morgan fingerprint density at radius 1 is 1.36 bits per heavy atom. The van der Waals surface area contributed by atoms with Gasteiger partial charge in [0.15, 0.2) is 0 Å². The second kappa shape index (κ2) is 8.91. The van der Waals surface area contributed by atoms with E-state index in [4.69, 9.17) is 4.74 Å². The molecule has 0 aliphatic carbocycles. The maximum absolute atomic E-state index is 13.1. The number of rotatable bonds is 7. The molecule has 1 aliphatic rings. The van der Waals surface area contributed by atoms with E-state index < -0.39 is 0 Å². The zero-order valence-electron chi connectivity index (χ0n) is 16.8. The topological polar surface area (TPSA) is 67.7 Å². The molecule has 7 nitrogen and oxygen atoms in total. The van der Waals surface area contributed by atoms with Gasteiger partial charge in [0.2, 0.25) is 11.8 Å². The molecule has 3 rings (SSSR count). The minimum atomic E-state index is -0.177. The van der Waals surface area contributed by atoms with E-state index in [2.05, 4.69) is 5.10 Å². The van der Waals surface area contributed by atoms with Crippen molar-refractivity contribution in [2.24, 2.45) is 13.0 Å². The lowest BCUT2D eigenvalue weighted by molar-refractivity contribution is -0.143. The molecule has 0 radical (unpaired) electrons. The van der Waals surface area contributed by atoms with E-state index in [0.29, 0.717) is 39.0 Å². The summed E-state index contributed by atoms with van der Waals surface area (Å²) in [6.45, 7) is 4.06. The van der Waals surface area contributed by atoms with E-state index in [1.165, 1.54) is 0 Å². The van der Waals surface area contributed by atoms with Crippen LogP contribution in [0.1, 0.15) is 30.9 Å². The second-order valence-electron chi connectivity index (χ2n) is 7.20. The fourth-order valence-corrected chi connectivity index (χ4v) is 3.69. The van der Waals surface area contributed by atoms with Crippen LogP contribution in [-0.4, -0.2) is 51.6 Å². The number of para-hydroxylation sites is 1. The summed E-state index contributed by atoms with van der Waals surface area (Å²) in [6.07, 6.45) is 4.71. The predicted molar refractivity (Wildman–Crippen MR) is 105 cm³/mol. The fourth-order valence-electron chi connectivity index (χ4n) is 3.69. The summed E-state index contributed by atoms with van der Waals surface area (Å²) in [5.41, 5.74) is 1.96. The highest BCUT2D eigenvalue weighted by Gasteiger charge is 2.32. The van der Waals surface area contributed by atoms with Crippen molar-refractivity contribution in [1.82, 2.24) is 19.6 Å². The van der Waals surface area contributed by atoms with E-state index >= 15 is 0 Å². The maximum atomic E-state index is 13.1. The molecule has 28 heavy (non-hydrogen) atoms. The fraction of sp³-hybridized carbons (Fsp3) is 0.476. The number of aromatic nitrogens is 2. The molecular weight excluding hydrogens is 356 g/mol. The molecule has 1 fully saturated rings. The second-order valence-corrected chi connectivity index (χ2v) is 7.20. The van der Waals surface area contributed by atoms with Crippen LogP contribution in [0.15, 0.2) is 36.7 Å². The first-order chi connectivity index (χ1) is 13.5. The van der Waals surface area contributed by atoms with E-state index in [0.717, 1.165) is 16.9 Å². The van der Waals surface area contributed by atoms with Crippen molar-refractivity contribution in [3.8, 4) is 5.75 Å². The largest absolute Gasteiger partial charge is 0.496 e. The molecule has 0 N–H and O–H groups in total. The molecular formula is C21H28N4O3. The Morgan fingerprint density at radius 3 is 2.82 bits per heavy atom. The third kappa shape index (κ3) is 4.52. The number of hydrogen-bond acceptors (Lipinski definition) is 4. The van der Waals surface area contributed by atoms with Gasteiger partial charge >= 0.3 is 0 Å². The Labute approximate surface area is 165 Å². The summed E-state index contributed by atoms with van der Waals surface area (Å²) in [6, 6.07) is 7.68. The van der Waals surface area contributed by atoms with Crippen molar-refractivity contribution in [1.29, 1.82) is 0 Å². The highest BCUT2D eigenvalue weighted by molar-refractivity contribution is 5.84. The number of methoxy groups -OCH3 is 1. The van der Waals surface area contributed by atoms with Crippen molar-refractivity contribution >= 4 is 11.8 Å². The van der Waals surface area contributed by atoms with Gasteiger partial charge in [0.25, 0.3) is 0 Å². The Morgan fingerprint density at radius 2 is 2.14 bits per heavy atom. The quantitative estimate of drug-likeness (QED) is 0.734. The van der Waals surface area contributed by atoms with Crippen molar-refractivity contribution < 1.29 is 14.3 Å². The Hall–Kier alpha value is -2.83. The van der Waals surface area contributed by atoms with Gasteiger partial charge in [0.1, 0.15) is 5.75 Å². The van der Waals surface area contributed by atoms with Gasteiger partial charge in [-0.15, -0.1) is 0 Å². The highest BCUT2D eigenvalue weighted by atomic mass is 16.5. The molecule has 150 valence electrons. The van der Waals surface area contributed by atoms with Gasteiger partial charge in [-0.2, -0.15) is 5.10 Å². The number of likely N-dealkylation sites (tertiary alicyclic amines) is 1. The molecule has 2 heterocycles. The lowest BCUT2D eigenvalue weighted by Gasteiger charge is -2.34. The molecule has 1 aliphatic heterocycles. The van der Waals surface area contributed by atoms with Gasteiger partial charge < -0.3 is 14.5 Å². The lowest BCUT2D eigenvalue weighted by Crippen LogP contribution is -2.46. The van der Waals surface area contributed by atoms with Crippen LogP contribution < -0.4 is 4.74 Å². The lowest BCUT2D eigenvalue weighted by atomic mass is 9.95. The highest BCUT2D eigenvalue weighted by Crippen LogP contribution is 2.25. The van der Waals surface area contributed by atoms with Crippen LogP contribution in [0, 0.1) is 5.92 Å². The zero-order chi connectivity index (χ0) is 20.1. The molecule has 2 aromatic rings. The van der Waals surface area contributed by atoms with Crippen LogP contribution in [-0.2, 0) is 29.7 Å². The van der Waals surface area contributed by atoms with Crippen LogP contribution in [0.5, 0.6) is 5.75 Å². The summed E-state index contributed by atoms with van der Waals surface area (Å²) in [5, 5.41) is 4.17. The van der Waals surface area contributed by atoms with Gasteiger partial charge in [0, 0.05) is 57.0 Å². The number of ether oxygens (including phenoxy) is 1. The number of carbonyl (C=O) groups excluding carboxylic acids is 2. The third-order valence-corrected chi connectivity index (χ3v) is 5.23. The van der Waals surface area contributed by atoms with Crippen LogP contribution >= 0.6 is 0 Å². The Balaban J connectivity index is 1.68. The smallest absolute Gasteiger partial charge is 0.227 e. The standard InChI is InChI=1S/C21H28N4O3/c1-4-24(13-16-11-22-23(2)12-16)21(27)18-9-10-20(26)25(15-18)14-17-7-5-6-8-19(17)28-3/h5-8,11-12,18H,4,9-10,13-15H2,1-3H3. The van der Waals surface area contributed by atoms with Gasteiger partial charge in [-0.05, 0) is 19.4 Å². The van der Waals surface area contributed by atoms with Gasteiger partial charge in [-0.25, -0.2) is 0 Å². The van der Waals surface area contributed by atoms with Crippen LogP contribution in [0.4, 0.5) is 0 Å². The summed E-state index contributed by atoms with van der Waals surface area (Å²) in [7, 11) is 3.49. The number of amides is 2. The number of piperidine rings is 1. The minimum absolute atomic E-state index is 0.0882. The molecule has 1 aromatic heterocycles. The Bertz CT molecular complexity index is 833. The van der Waals surface area contributed by atoms with Crippen LogP contribution in [0.3, 0.4) is 0 Å². The number of aryl methyl sites for hydroxylation is 1. The molecule has 0 saturated carbocycles. The monoisotopic (exact) mass is 384 g/mol. The molecule has 1 saturated heterocycles. The Kier molecular flexibility index (Phi) is 6.34. The summed E-state index contributed by atoms with van der Waals surface area (Å²) in [5.74, 6) is 0.772. The van der Waals surface area contributed by atoms with Crippen molar-refractivity contribution in [2.75, 3.05) is 20.2 Å². The zero-order valence-corrected chi connectivity index (χ0v) is 16.8. The van der Waals surface area contributed by atoms with Gasteiger partial charge in [-0.3, -0.25) is 14.3 Å². The number of carbonyl (C=O) groups is 2. The summed E-state index contributed by atoms with van der Waals surface area (Å²) < 4.78 is 7.14. The molecule has 1 unspecified atom stereocenters. The maximum Gasteiger partial charge on any atom is 0.227 e. The third-order valence-electron chi connectivity index (χ3n) is 5.23. The van der Waals surface area contributed by atoms with E-state index in [1.54, 1.807) is 22.9 Å². The number of nitrogens with zero attached hydrogens (tertiary/aromatic N) is 4. The molecule has 1 atom stereocenters. The summed E-state index contributed by atoms with van der Waals surface area (Å²) in [4.78, 5) is 29.2. The SMILES string of the molecule is CCN(Cc1cnn(C)c1)C(=O)C1CCC(=O)N(Cc2ccccc2OC)C1. The molecule has 1 aromatic carbocycles. The number of hydrogen-bond donors (Lipinski definition) is 0. The molecule has 2 amide bonds.